The van der Waals surface area contributed by atoms with E-state index in [1.54, 1.807) is 24.3 Å². The number of anilines is 1. The number of hydrogen-bond acceptors (Lipinski definition) is 5. The molecule has 1 atom stereocenters. The first-order valence-corrected chi connectivity index (χ1v) is 13.5. The maximum Gasteiger partial charge on any atom is 0.262 e. The third-order valence-corrected chi connectivity index (χ3v) is 7.10. The lowest BCUT2D eigenvalue weighted by Crippen LogP contribution is -2.53. The smallest absolute Gasteiger partial charge is 0.262 e. The fourth-order valence-corrected chi connectivity index (χ4v) is 4.74. The minimum atomic E-state index is -3.67. The summed E-state index contributed by atoms with van der Waals surface area (Å²) in [4.78, 5) is 27.8. The molecule has 8 nitrogen and oxygen atoms in total. The largest absolute Gasteiger partial charge is 0.477 e. The lowest BCUT2D eigenvalue weighted by atomic mass is 10.1. The predicted molar refractivity (Wildman–Crippen MR) is 138 cm³/mol. The van der Waals surface area contributed by atoms with Crippen LogP contribution in [0, 0.1) is 0 Å². The predicted octanol–water partition coefficient (Wildman–Crippen LogP) is 2.60. The van der Waals surface area contributed by atoms with Gasteiger partial charge in [0.2, 0.25) is 15.9 Å². The van der Waals surface area contributed by atoms with E-state index in [0.717, 1.165) is 21.7 Å². The summed E-state index contributed by atoms with van der Waals surface area (Å²) in [6, 6.07) is 25.8. The van der Waals surface area contributed by atoms with Crippen molar-refractivity contribution in [2.45, 2.75) is 19.1 Å². The Bertz CT molecular complexity index is 1300. The van der Waals surface area contributed by atoms with Crippen molar-refractivity contribution in [2.24, 2.45) is 0 Å². The van der Waals surface area contributed by atoms with Crippen molar-refractivity contribution in [1.29, 1.82) is 0 Å². The van der Waals surface area contributed by atoms with E-state index < -0.39 is 22.0 Å². The molecular formula is C27H29N3O5S. The van der Waals surface area contributed by atoms with Gasteiger partial charge in [0.1, 0.15) is 5.75 Å². The molecule has 0 saturated carbocycles. The number of benzene rings is 3. The first-order valence-electron chi connectivity index (χ1n) is 11.7. The van der Waals surface area contributed by atoms with Crippen LogP contribution in [0.3, 0.4) is 0 Å². The number of rotatable bonds is 9. The zero-order valence-corrected chi connectivity index (χ0v) is 20.9. The maximum atomic E-state index is 13.4. The fourth-order valence-electron chi connectivity index (χ4n) is 4.01. The second-order valence-electron chi connectivity index (χ2n) is 8.62. The molecule has 0 spiro atoms. The van der Waals surface area contributed by atoms with E-state index in [0.29, 0.717) is 24.4 Å². The Morgan fingerprint density at radius 2 is 1.56 bits per heavy atom. The molecular weight excluding hydrogens is 478 g/mol. The molecule has 0 bridgehead atoms. The first kappa shape index (κ1) is 25.4. The van der Waals surface area contributed by atoms with Gasteiger partial charge in [-0.2, -0.15) is 4.31 Å². The average Bonchev–Trinajstić information content (AvgIpc) is 2.88. The number of para-hydroxylation sites is 2. The summed E-state index contributed by atoms with van der Waals surface area (Å²) in [7, 11) is -3.67. The lowest BCUT2D eigenvalue weighted by Gasteiger charge is -2.35. The summed E-state index contributed by atoms with van der Waals surface area (Å²) >= 11 is 0. The van der Waals surface area contributed by atoms with Crippen LogP contribution in [0.4, 0.5) is 5.69 Å². The van der Waals surface area contributed by atoms with E-state index in [-0.39, 0.29) is 25.5 Å². The van der Waals surface area contributed by atoms with E-state index in [4.69, 9.17) is 4.74 Å². The summed E-state index contributed by atoms with van der Waals surface area (Å²) in [5.41, 5.74) is 2.38. The average molecular weight is 508 g/mol. The SMILES string of the molecule is CS(=O)(=O)N(CC(=O)N1C[C@H](C(=O)NCCc2ccccc2)Oc2ccccc21)Cc1ccccc1. The van der Waals surface area contributed by atoms with Crippen LogP contribution in [0.2, 0.25) is 0 Å². The number of amides is 2. The quantitative estimate of drug-likeness (QED) is 0.480. The Morgan fingerprint density at radius 1 is 0.944 bits per heavy atom. The van der Waals surface area contributed by atoms with E-state index in [1.807, 2.05) is 60.7 Å². The number of hydrogen-bond donors (Lipinski definition) is 1. The van der Waals surface area contributed by atoms with Gasteiger partial charge in [-0.3, -0.25) is 9.59 Å². The molecule has 1 heterocycles. The Morgan fingerprint density at radius 3 is 2.22 bits per heavy atom. The first-order chi connectivity index (χ1) is 17.3. The molecule has 36 heavy (non-hydrogen) atoms. The number of fused-ring (bicyclic) bond motifs is 1. The summed E-state index contributed by atoms with van der Waals surface area (Å²) in [5.74, 6) is -0.369. The molecule has 1 aliphatic rings. The van der Waals surface area contributed by atoms with Crippen molar-refractivity contribution in [1.82, 2.24) is 9.62 Å². The van der Waals surface area contributed by atoms with E-state index in [1.165, 1.54) is 4.90 Å². The fraction of sp³-hybridized carbons (Fsp3) is 0.259. The van der Waals surface area contributed by atoms with Gasteiger partial charge in [-0.25, -0.2) is 8.42 Å². The van der Waals surface area contributed by atoms with Crippen molar-refractivity contribution in [3.05, 3.63) is 96.1 Å². The molecule has 188 valence electrons. The molecule has 0 fully saturated rings. The second kappa shape index (κ2) is 11.4. The summed E-state index contributed by atoms with van der Waals surface area (Å²) in [5, 5.41) is 2.88. The van der Waals surface area contributed by atoms with Gasteiger partial charge in [0, 0.05) is 13.1 Å². The van der Waals surface area contributed by atoms with Gasteiger partial charge < -0.3 is 15.0 Å². The third-order valence-electron chi connectivity index (χ3n) is 5.91. The molecule has 3 aromatic rings. The number of nitrogens with zero attached hydrogens (tertiary/aromatic N) is 2. The molecule has 2 amide bonds. The standard InChI is InChI=1S/C27H29N3O5S/c1-36(33,34)29(18-22-12-6-3-7-13-22)20-26(31)30-19-25(35-24-15-9-8-14-23(24)30)27(32)28-17-16-21-10-4-2-5-11-21/h2-15,25H,16-20H2,1H3,(H,28,32)/t25-/m1/s1. The Hall–Kier alpha value is -3.69. The Labute approximate surface area is 211 Å². The van der Waals surface area contributed by atoms with Gasteiger partial charge in [-0.15, -0.1) is 0 Å². The van der Waals surface area contributed by atoms with Gasteiger partial charge in [0.05, 0.1) is 25.0 Å². The normalized spacial score (nSPS) is 15.2. The van der Waals surface area contributed by atoms with E-state index >= 15 is 0 Å². The van der Waals surface area contributed by atoms with Gasteiger partial charge in [-0.05, 0) is 29.7 Å². The minimum absolute atomic E-state index is 0.0179. The summed E-state index contributed by atoms with van der Waals surface area (Å²) < 4.78 is 32.0. The van der Waals surface area contributed by atoms with Crippen LogP contribution in [0.15, 0.2) is 84.9 Å². The Kier molecular flexibility index (Phi) is 8.02. The number of nitrogens with one attached hydrogen (secondary N) is 1. The van der Waals surface area contributed by atoms with Gasteiger partial charge >= 0.3 is 0 Å². The molecule has 3 aromatic carbocycles. The van der Waals surface area contributed by atoms with Crippen LogP contribution >= 0.6 is 0 Å². The van der Waals surface area contributed by atoms with Crippen molar-refractivity contribution >= 4 is 27.5 Å². The third kappa shape index (κ3) is 6.50. The Balaban J connectivity index is 1.47. The van der Waals surface area contributed by atoms with Gasteiger partial charge in [0.15, 0.2) is 6.10 Å². The zero-order valence-electron chi connectivity index (χ0n) is 20.0. The lowest BCUT2D eigenvalue weighted by molar-refractivity contribution is -0.128. The molecule has 1 aliphatic heterocycles. The highest BCUT2D eigenvalue weighted by atomic mass is 32.2. The van der Waals surface area contributed by atoms with Crippen LogP contribution in [0.1, 0.15) is 11.1 Å². The van der Waals surface area contributed by atoms with Gasteiger partial charge in [0.25, 0.3) is 5.91 Å². The number of carbonyl (C=O) groups excluding carboxylic acids is 2. The number of sulfonamides is 1. The van der Waals surface area contributed by atoms with E-state index in [2.05, 4.69) is 5.32 Å². The highest BCUT2D eigenvalue weighted by Gasteiger charge is 2.35. The highest BCUT2D eigenvalue weighted by molar-refractivity contribution is 7.88. The molecule has 0 radical (unpaired) electrons. The van der Waals surface area contributed by atoms with Crippen molar-refractivity contribution in [3.8, 4) is 5.75 Å². The van der Waals surface area contributed by atoms with Crippen LogP contribution < -0.4 is 15.0 Å². The van der Waals surface area contributed by atoms with Crippen LogP contribution in [0.25, 0.3) is 0 Å². The zero-order chi connectivity index (χ0) is 25.5. The topological polar surface area (TPSA) is 96.0 Å². The number of ether oxygens (including phenoxy) is 1. The molecule has 0 unspecified atom stereocenters. The van der Waals surface area contributed by atoms with Crippen LogP contribution in [0.5, 0.6) is 5.75 Å². The second-order valence-corrected chi connectivity index (χ2v) is 10.6. The van der Waals surface area contributed by atoms with Crippen molar-refractivity contribution in [3.63, 3.8) is 0 Å². The molecule has 0 saturated heterocycles. The van der Waals surface area contributed by atoms with E-state index in [9.17, 15) is 18.0 Å². The highest BCUT2D eigenvalue weighted by Crippen LogP contribution is 2.33. The van der Waals surface area contributed by atoms with Crippen molar-refractivity contribution < 1.29 is 22.7 Å². The van der Waals surface area contributed by atoms with Gasteiger partial charge in [-0.1, -0.05) is 72.8 Å². The summed E-state index contributed by atoms with van der Waals surface area (Å²) in [6.07, 6.45) is 0.835. The molecule has 9 heteroatoms. The van der Waals surface area contributed by atoms with Crippen molar-refractivity contribution in [2.75, 3.05) is 30.8 Å². The summed E-state index contributed by atoms with van der Waals surface area (Å²) in [6.45, 7) is 0.123. The number of carbonyl (C=O) groups is 2. The maximum absolute atomic E-state index is 13.4. The monoisotopic (exact) mass is 507 g/mol. The van der Waals surface area contributed by atoms with Crippen LogP contribution in [-0.2, 0) is 32.6 Å². The molecule has 0 aromatic heterocycles. The molecule has 1 N–H and O–H groups in total. The van der Waals surface area contributed by atoms with Crippen LogP contribution in [-0.4, -0.2) is 56.5 Å². The molecule has 0 aliphatic carbocycles. The minimum Gasteiger partial charge on any atom is -0.477 e. The molecule has 4 rings (SSSR count).